The number of nitrogens with zero attached hydrogens (tertiary/aromatic N) is 1. The molecule has 31 heavy (non-hydrogen) atoms. The van der Waals surface area contributed by atoms with E-state index < -0.39 is 0 Å². The number of para-hydroxylation sites is 1. The van der Waals surface area contributed by atoms with Crippen LogP contribution in [0.4, 0.5) is 11.4 Å². The quantitative estimate of drug-likeness (QED) is 0.309. The fourth-order valence-corrected chi connectivity index (χ4v) is 4.57. The van der Waals surface area contributed by atoms with Crippen LogP contribution in [-0.4, -0.2) is 12.8 Å². The Hall–Kier alpha value is -3.77. The molecule has 0 unspecified atom stereocenters. The first-order chi connectivity index (χ1) is 15.3. The number of hydrogen-bond acceptors (Lipinski definition) is 3. The zero-order valence-electron chi connectivity index (χ0n) is 17.2. The molecule has 152 valence electrons. The number of rotatable bonds is 5. The third-order valence-corrected chi connectivity index (χ3v) is 6.09. The van der Waals surface area contributed by atoms with Gasteiger partial charge in [-0.1, -0.05) is 48.4 Å². The highest BCUT2D eigenvalue weighted by Gasteiger charge is 2.37. The van der Waals surface area contributed by atoms with E-state index in [1.165, 1.54) is 16.8 Å². The summed E-state index contributed by atoms with van der Waals surface area (Å²) in [6.45, 7) is 0.277. The third-order valence-electron chi connectivity index (χ3n) is 6.09. The van der Waals surface area contributed by atoms with Gasteiger partial charge in [-0.15, -0.1) is 6.42 Å². The van der Waals surface area contributed by atoms with E-state index in [0.29, 0.717) is 17.9 Å². The van der Waals surface area contributed by atoms with E-state index in [-0.39, 0.29) is 6.61 Å². The number of aliphatic imine (C=N–C) groups is 1. The van der Waals surface area contributed by atoms with Crippen LogP contribution in [0.15, 0.2) is 89.9 Å². The van der Waals surface area contributed by atoms with Gasteiger partial charge in [-0.25, -0.2) is 0 Å². The third kappa shape index (κ3) is 3.98. The van der Waals surface area contributed by atoms with Crippen LogP contribution in [-0.2, 0) is 0 Å². The first-order valence-corrected chi connectivity index (χ1v) is 10.6. The molecule has 3 atom stereocenters. The summed E-state index contributed by atoms with van der Waals surface area (Å²) >= 11 is 0. The molecule has 0 amide bonds. The average Bonchev–Trinajstić information content (AvgIpc) is 3.32. The average molecular weight is 405 g/mol. The largest absolute Gasteiger partial charge is 0.481 e. The molecule has 3 heteroatoms. The smallest absolute Gasteiger partial charge is 0.148 e. The molecule has 3 nitrogen and oxygen atoms in total. The topological polar surface area (TPSA) is 33.6 Å². The Morgan fingerprint density at radius 2 is 1.84 bits per heavy atom. The fraction of sp³-hybridized carbons (Fsp3) is 0.179. The first-order valence-electron chi connectivity index (χ1n) is 10.6. The van der Waals surface area contributed by atoms with Crippen LogP contribution in [0.5, 0.6) is 5.75 Å². The molecule has 0 radical (unpaired) electrons. The Morgan fingerprint density at radius 1 is 1.03 bits per heavy atom. The maximum atomic E-state index is 5.40. The van der Waals surface area contributed by atoms with Gasteiger partial charge in [-0.3, -0.25) is 4.99 Å². The number of hydrogen-bond donors (Lipinski definition) is 1. The number of anilines is 1. The summed E-state index contributed by atoms with van der Waals surface area (Å²) in [4.78, 5) is 4.63. The SMILES string of the molecule is C#CCOc1ccc(C=Nc2ccc([C@@H]3Nc4ccccc4[C@@H]4C=CC[C@H]43)cc2)cc1. The lowest BCUT2D eigenvalue weighted by Crippen LogP contribution is -2.28. The van der Waals surface area contributed by atoms with E-state index in [2.05, 4.69) is 76.9 Å². The van der Waals surface area contributed by atoms with Gasteiger partial charge >= 0.3 is 0 Å². The Bertz CT molecular complexity index is 1150. The second-order valence-electron chi connectivity index (χ2n) is 7.97. The van der Waals surface area contributed by atoms with Crippen molar-refractivity contribution in [2.75, 3.05) is 11.9 Å². The van der Waals surface area contributed by atoms with Crippen molar-refractivity contribution in [3.8, 4) is 18.1 Å². The van der Waals surface area contributed by atoms with Crippen LogP contribution in [0, 0.1) is 18.3 Å². The predicted molar refractivity (Wildman–Crippen MR) is 127 cm³/mol. The molecule has 2 aliphatic rings. The second kappa shape index (κ2) is 8.53. The standard InChI is InChI=1S/C28H24N2O/c1-2-18-31-23-16-10-20(11-17-23)19-29-22-14-12-21(13-15-22)28-26-8-5-7-24(26)25-6-3-4-9-27(25)30-28/h1,3-7,9-17,19,24,26,28,30H,8,18H2/t24-,26+,28-/m0/s1. The van der Waals surface area contributed by atoms with E-state index >= 15 is 0 Å². The lowest BCUT2D eigenvalue weighted by molar-refractivity contribution is 0.370. The minimum Gasteiger partial charge on any atom is -0.481 e. The Kier molecular flexibility index (Phi) is 5.29. The molecule has 1 aliphatic heterocycles. The van der Waals surface area contributed by atoms with Crippen LogP contribution in [0.1, 0.15) is 35.1 Å². The summed E-state index contributed by atoms with van der Waals surface area (Å²) in [7, 11) is 0. The molecule has 5 rings (SSSR count). The normalized spacial score (nSPS) is 21.2. The summed E-state index contributed by atoms with van der Waals surface area (Å²) in [5, 5.41) is 3.78. The van der Waals surface area contributed by atoms with E-state index in [4.69, 9.17) is 11.2 Å². The minimum atomic E-state index is 0.277. The van der Waals surface area contributed by atoms with Crippen molar-refractivity contribution < 1.29 is 4.74 Å². The van der Waals surface area contributed by atoms with Gasteiger partial charge < -0.3 is 10.1 Å². The van der Waals surface area contributed by atoms with Crippen LogP contribution in [0.2, 0.25) is 0 Å². The van der Waals surface area contributed by atoms with Gasteiger partial charge in [0, 0.05) is 17.8 Å². The van der Waals surface area contributed by atoms with Crippen LogP contribution >= 0.6 is 0 Å². The lowest BCUT2D eigenvalue weighted by Gasteiger charge is -2.37. The molecule has 0 bridgehead atoms. The van der Waals surface area contributed by atoms with Crippen molar-refractivity contribution in [1.29, 1.82) is 0 Å². The molecule has 3 aromatic carbocycles. The van der Waals surface area contributed by atoms with E-state index in [0.717, 1.165) is 23.4 Å². The van der Waals surface area contributed by atoms with E-state index in [1.807, 2.05) is 30.5 Å². The van der Waals surface area contributed by atoms with Crippen molar-refractivity contribution in [3.05, 3.63) is 102 Å². The molecule has 1 N–H and O–H groups in total. The molecule has 1 heterocycles. The predicted octanol–water partition coefficient (Wildman–Crippen LogP) is 6.28. The molecule has 0 saturated heterocycles. The molecular weight excluding hydrogens is 380 g/mol. The highest BCUT2D eigenvalue weighted by molar-refractivity contribution is 5.82. The van der Waals surface area contributed by atoms with Gasteiger partial charge in [-0.05, 0) is 71.5 Å². The molecule has 1 aliphatic carbocycles. The summed E-state index contributed by atoms with van der Waals surface area (Å²) in [6.07, 6.45) is 12.9. The summed E-state index contributed by atoms with van der Waals surface area (Å²) in [6, 6.07) is 25.3. The Balaban J connectivity index is 1.30. The maximum absolute atomic E-state index is 5.40. The van der Waals surface area contributed by atoms with Gasteiger partial charge in [0.15, 0.2) is 0 Å². The Labute approximate surface area is 183 Å². The zero-order chi connectivity index (χ0) is 21.0. The van der Waals surface area contributed by atoms with E-state index in [9.17, 15) is 0 Å². The van der Waals surface area contributed by atoms with Gasteiger partial charge in [0.25, 0.3) is 0 Å². The highest BCUT2D eigenvalue weighted by Crippen LogP contribution is 2.49. The number of benzene rings is 3. The summed E-state index contributed by atoms with van der Waals surface area (Å²) in [5.74, 6) is 4.28. The molecule has 0 spiro atoms. The fourth-order valence-electron chi connectivity index (χ4n) is 4.57. The molecule has 0 aromatic heterocycles. The summed E-state index contributed by atoms with van der Waals surface area (Å²) < 4.78 is 5.40. The van der Waals surface area contributed by atoms with E-state index in [1.54, 1.807) is 0 Å². The number of allylic oxidation sites excluding steroid dienone is 2. The molecular formula is C28H24N2O. The van der Waals surface area contributed by atoms with Crippen LogP contribution in [0.3, 0.4) is 0 Å². The molecule has 0 saturated carbocycles. The monoisotopic (exact) mass is 404 g/mol. The van der Waals surface area contributed by atoms with Crippen LogP contribution in [0.25, 0.3) is 0 Å². The molecule has 3 aromatic rings. The van der Waals surface area contributed by atoms with Gasteiger partial charge in [0.2, 0.25) is 0 Å². The van der Waals surface area contributed by atoms with Crippen molar-refractivity contribution in [3.63, 3.8) is 0 Å². The summed E-state index contributed by atoms with van der Waals surface area (Å²) in [5.41, 5.74) is 5.92. The zero-order valence-corrected chi connectivity index (χ0v) is 17.2. The maximum Gasteiger partial charge on any atom is 0.148 e. The minimum absolute atomic E-state index is 0.277. The molecule has 0 fully saturated rings. The number of terminal acetylenes is 1. The van der Waals surface area contributed by atoms with Gasteiger partial charge in [-0.2, -0.15) is 0 Å². The highest BCUT2D eigenvalue weighted by atomic mass is 16.5. The van der Waals surface area contributed by atoms with Gasteiger partial charge in [0.05, 0.1) is 11.7 Å². The lowest BCUT2D eigenvalue weighted by atomic mass is 9.77. The van der Waals surface area contributed by atoms with Gasteiger partial charge in [0.1, 0.15) is 12.4 Å². The van der Waals surface area contributed by atoms with Crippen molar-refractivity contribution in [2.24, 2.45) is 10.9 Å². The first kappa shape index (κ1) is 19.2. The van der Waals surface area contributed by atoms with Crippen molar-refractivity contribution in [1.82, 2.24) is 0 Å². The van der Waals surface area contributed by atoms with Crippen molar-refractivity contribution in [2.45, 2.75) is 18.4 Å². The number of nitrogens with one attached hydrogen (secondary N) is 1. The Morgan fingerprint density at radius 3 is 2.65 bits per heavy atom. The number of fused-ring (bicyclic) bond motifs is 3. The number of ether oxygens (including phenoxy) is 1. The van der Waals surface area contributed by atoms with Crippen LogP contribution < -0.4 is 10.1 Å². The van der Waals surface area contributed by atoms with Crippen molar-refractivity contribution >= 4 is 17.6 Å². The second-order valence-corrected chi connectivity index (χ2v) is 7.97.